The molecule has 0 radical (unpaired) electrons. The quantitative estimate of drug-likeness (QED) is 0.792. The summed E-state index contributed by atoms with van der Waals surface area (Å²) in [5.41, 5.74) is 3.27. The number of hydrogen-bond donors (Lipinski definition) is 1. The zero-order chi connectivity index (χ0) is 19.9. The lowest BCUT2D eigenvalue weighted by atomic mass is 10.1. The molecule has 0 spiro atoms. The number of rotatable bonds is 7. The second-order valence-electron chi connectivity index (χ2n) is 7.14. The van der Waals surface area contributed by atoms with E-state index in [1.165, 1.54) is 5.56 Å². The van der Waals surface area contributed by atoms with Gasteiger partial charge in [0.1, 0.15) is 5.75 Å². The Balaban J connectivity index is 1.55. The third kappa shape index (κ3) is 4.84. The number of carbonyl (C=O) groups excluding carboxylic acids is 1. The third-order valence-electron chi connectivity index (χ3n) is 5.38. The Labute approximate surface area is 168 Å². The fourth-order valence-electron chi connectivity index (χ4n) is 3.58. The summed E-state index contributed by atoms with van der Waals surface area (Å²) in [6.45, 7) is 10.2. The second-order valence-corrected chi connectivity index (χ2v) is 7.14. The molecule has 1 aliphatic rings. The van der Waals surface area contributed by atoms with E-state index in [0.717, 1.165) is 49.7 Å². The summed E-state index contributed by atoms with van der Waals surface area (Å²) < 4.78 is 5.77. The molecule has 28 heavy (non-hydrogen) atoms. The maximum atomic E-state index is 12.7. The van der Waals surface area contributed by atoms with Gasteiger partial charge in [-0.3, -0.25) is 9.69 Å². The minimum Gasteiger partial charge on any atom is -0.492 e. The standard InChI is InChI=1S/C23H31N3O2/c1-4-19-10-12-20(13-11-19)24-23(27)18(3)25-14-16-26(17-15-25)21-8-6-7-9-22(21)28-5-2/h6-13,18H,4-5,14-17H2,1-3H3,(H,24,27). The average molecular weight is 382 g/mol. The van der Waals surface area contributed by atoms with E-state index in [1.54, 1.807) is 0 Å². The molecule has 1 unspecified atom stereocenters. The fourth-order valence-corrected chi connectivity index (χ4v) is 3.58. The zero-order valence-electron chi connectivity index (χ0n) is 17.1. The van der Waals surface area contributed by atoms with Gasteiger partial charge in [-0.15, -0.1) is 0 Å². The van der Waals surface area contributed by atoms with Gasteiger partial charge in [-0.25, -0.2) is 0 Å². The van der Waals surface area contributed by atoms with Gasteiger partial charge in [0, 0.05) is 31.9 Å². The molecule has 1 saturated heterocycles. The largest absolute Gasteiger partial charge is 0.492 e. The highest BCUT2D eigenvalue weighted by Crippen LogP contribution is 2.29. The second kappa shape index (κ2) is 9.60. The Morgan fingerprint density at radius 2 is 1.71 bits per heavy atom. The predicted molar refractivity (Wildman–Crippen MR) is 115 cm³/mol. The van der Waals surface area contributed by atoms with Crippen molar-refractivity contribution in [1.82, 2.24) is 4.90 Å². The van der Waals surface area contributed by atoms with Gasteiger partial charge in [-0.2, -0.15) is 0 Å². The van der Waals surface area contributed by atoms with Crippen molar-refractivity contribution in [3.8, 4) is 5.75 Å². The van der Waals surface area contributed by atoms with E-state index >= 15 is 0 Å². The summed E-state index contributed by atoms with van der Waals surface area (Å²) in [6, 6.07) is 16.1. The summed E-state index contributed by atoms with van der Waals surface area (Å²) in [7, 11) is 0. The number of nitrogens with zero attached hydrogens (tertiary/aromatic N) is 2. The highest BCUT2D eigenvalue weighted by Gasteiger charge is 2.26. The van der Waals surface area contributed by atoms with Crippen LogP contribution < -0.4 is 15.0 Å². The number of benzene rings is 2. The summed E-state index contributed by atoms with van der Waals surface area (Å²) in [5.74, 6) is 0.979. The van der Waals surface area contributed by atoms with Gasteiger partial charge in [0.25, 0.3) is 0 Å². The molecule has 150 valence electrons. The molecule has 1 fully saturated rings. The maximum absolute atomic E-state index is 12.7. The minimum atomic E-state index is -0.157. The van der Waals surface area contributed by atoms with Gasteiger partial charge < -0.3 is 15.0 Å². The Hall–Kier alpha value is -2.53. The highest BCUT2D eigenvalue weighted by molar-refractivity contribution is 5.94. The van der Waals surface area contributed by atoms with Crippen LogP contribution in [0.2, 0.25) is 0 Å². The lowest BCUT2D eigenvalue weighted by molar-refractivity contribution is -0.120. The van der Waals surface area contributed by atoms with Gasteiger partial charge in [-0.05, 0) is 50.1 Å². The monoisotopic (exact) mass is 381 g/mol. The van der Waals surface area contributed by atoms with Crippen LogP contribution in [0, 0.1) is 0 Å². The number of amides is 1. The van der Waals surface area contributed by atoms with Crippen molar-refractivity contribution in [3.05, 3.63) is 54.1 Å². The predicted octanol–water partition coefficient (Wildman–Crippen LogP) is 3.80. The molecule has 3 rings (SSSR count). The van der Waals surface area contributed by atoms with Gasteiger partial charge >= 0.3 is 0 Å². The number of hydrogen-bond acceptors (Lipinski definition) is 4. The number of ether oxygens (including phenoxy) is 1. The number of aryl methyl sites for hydroxylation is 1. The third-order valence-corrected chi connectivity index (χ3v) is 5.38. The first-order valence-corrected chi connectivity index (χ1v) is 10.2. The number of carbonyl (C=O) groups is 1. The van der Waals surface area contributed by atoms with Crippen LogP contribution in [0.3, 0.4) is 0 Å². The van der Waals surface area contributed by atoms with E-state index in [0.29, 0.717) is 6.61 Å². The molecule has 1 atom stereocenters. The maximum Gasteiger partial charge on any atom is 0.241 e. The minimum absolute atomic E-state index is 0.0485. The molecule has 5 nitrogen and oxygen atoms in total. The lowest BCUT2D eigenvalue weighted by Gasteiger charge is -2.39. The first-order chi connectivity index (χ1) is 13.6. The van der Waals surface area contributed by atoms with Gasteiger partial charge in [0.2, 0.25) is 5.91 Å². The van der Waals surface area contributed by atoms with Crippen molar-refractivity contribution >= 4 is 17.3 Å². The lowest BCUT2D eigenvalue weighted by Crippen LogP contribution is -2.52. The molecule has 2 aromatic carbocycles. The molecular weight excluding hydrogens is 350 g/mol. The molecule has 1 N–H and O–H groups in total. The first kappa shape index (κ1) is 20.2. The summed E-state index contributed by atoms with van der Waals surface area (Å²) >= 11 is 0. The smallest absolute Gasteiger partial charge is 0.241 e. The van der Waals surface area contributed by atoms with Gasteiger partial charge in [0.05, 0.1) is 18.3 Å². The summed E-state index contributed by atoms with van der Waals surface area (Å²) in [4.78, 5) is 17.3. The summed E-state index contributed by atoms with van der Waals surface area (Å²) in [6.07, 6.45) is 1.00. The van der Waals surface area contributed by atoms with Crippen LogP contribution in [0.1, 0.15) is 26.3 Å². The number of anilines is 2. The van der Waals surface area contributed by atoms with Crippen molar-refractivity contribution in [2.45, 2.75) is 33.2 Å². The van der Waals surface area contributed by atoms with Crippen LogP contribution in [0.25, 0.3) is 0 Å². The molecular formula is C23H31N3O2. The van der Waals surface area contributed by atoms with E-state index in [4.69, 9.17) is 4.74 Å². The van der Waals surface area contributed by atoms with Gasteiger partial charge in [0.15, 0.2) is 0 Å². The Kier molecular flexibility index (Phi) is 6.93. The topological polar surface area (TPSA) is 44.8 Å². The van der Waals surface area contributed by atoms with Crippen LogP contribution in [0.4, 0.5) is 11.4 Å². The van der Waals surface area contributed by atoms with E-state index < -0.39 is 0 Å². The molecule has 0 aliphatic carbocycles. The Morgan fingerprint density at radius 3 is 2.36 bits per heavy atom. The van der Waals surface area contributed by atoms with Crippen LogP contribution in [0.15, 0.2) is 48.5 Å². The molecule has 0 saturated carbocycles. The van der Waals surface area contributed by atoms with E-state index in [1.807, 2.05) is 44.2 Å². The van der Waals surface area contributed by atoms with E-state index in [2.05, 4.69) is 40.2 Å². The van der Waals surface area contributed by atoms with Crippen molar-refractivity contribution < 1.29 is 9.53 Å². The molecule has 1 amide bonds. The van der Waals surface area contributed by atoms with Crippen LogP contribution in [0.5, 0.6) is 5.75 Å². The van der Waals surface area contributed by atoms with Crippen LogP contribution >= 0.6 is 0 Å². The molecule has 5 heteroatoms. The zero-order valence-corrected chi connectivity index (χ0v) is 17.1. The number of nitrogens with one attached hydrogen (secondary N) is 1. The summed E-state index contributed by atoms with van der Waals surface area (Å²) in [5, 5.41) is 3.04. The van der Waals surface area contributed by atoms with Crippen LogP contribution in [-0.2, 0) is 11.2 Å². The van der Waals surface area contributed by atoms with E-state index in [9.17, 15) is 4.79 Å². The molecule has 2 aromatic rings. The fraction of sp³-hybridized carbons (Fsp3) is 0.435. The average Bonchev–Trinajstić information content (AvgIpc) is 2.74. The van der Waals surface area contributed by atoms with Crippen molar-refractivity contribution in [3.63, 3.8) is 0 Å². The Morgan fingerprint density at radius 1 is 1.04 bits per heavy atom. The van der Waals surface area contributed by atoms with Crippen LogP contribution in [-0.4, -0.2) is 49.6 Å². The molecule has 1 heterocycles. The first-order valence-electron chi connectivity index (χ1n) is 10.2. The highest BCUT2D eigenvalue weighted by atomic mass is 16.5. The van der Waals surface area contributed by atoms with Crippen molar-refractivity contribution in [1.29, 1.82) is 0 Å². The SMILES string of the molecule is CCOc1ccccc1N1CCN(C(C)C(=O)Nc2ccc(CC)cc2)CC1. The molecule has 0 bridgehead atoms. The number of para-hydroxylation sites is 2. The normalized spacial score (nSPS) is 15.9. The van der Waals surface area contributed by atoms with Gasteiger partial charge in [-0.1, -0.05) is 31.2 Å². The van der Waals surface area contributed by atoms with Crippen molar-refractivity contribution in [2.24, 2.45) is 0 Å². The van der Waals surface area contributed by atoms with Crippen molar-refractivity contribution in [2.75, 3.05) is 43.0 Å². The molecule has 1 aliphatic heterocycles. The molecule has 0 aromatic heterocycles. The van der Waals surface area contributed by atoms with E-state index in [-0.39, 0.29) is 11.9 Å². The number of piperazine rings is 1. The Bertz CT molecular complexity index is 768.